The highest BCUT2D eigenvalue weighted by molar-refractivity contribution is 5.96. The van der Waals surface area contributed by atoms with E-state index in [1.807, 2.05) is 0 Å². The van der Waals surface area contributed by atoms with Gasteiger partial charge in [-0.2, -0.15) is 0 Å². The Bertz CT molecular complexity index is 1140. The average Bonchev–Trinajstić information content (AvgIpc) is 2.94. The van der Waals surface area contributed by atoms with Gasteiger partial charge in [0.05, 0.1) is 12.0 Å². The summed E-state index contributed by atoms with van der Waals surface area (Å²) >= 11 is 0. The van der Waals surface area contributed by atoms with Crippen molar-refractivity contribution >= 4 is 17.8 Å². The molecular weight excluding hydrogens is 510 g/mol. The zero-order valence-electron chi connectivity index (χ0n) is 21.7. The summed E-state index contributed by atoms with van der Waals surface area (Å²) in [6.07, 6.45) is 4.39. The van der Waals surface area contributed by atoms with Gasteiger partial charge in [-0.05, 0) is 68.5 Å². The Morgan fingerprint density at radius 2 is 1.46 bits per heavy atom. The number of Topliss-reactive ketones (excluding diaryl/α,β-unsaturated/α-hetero) is 1. The van der Waals surface area contributed by atoms with Crippen molar-refractivity contribution in [2.45, 2.75) is 63.6 Å². The molecule has 2 aromatic carbocycles. The third-order valence-corrected chi connectivity index (χ3v) is 7.28. The van der Waals surface area contributed by atoms with Crippen LogP contribution in [0.5, 0.6) is 11.5 Å². The molecule has 2 aliphatic rings. The van der Waals surface area contributed by atoms with E-state index in [0.29, 0.717) is 82.3 Å². The summed E-state index contributed by atoms with van der Waals surface area (Å²) in [5, 5.41) is 12.0. The second kappa shape index (κ2) is 13.4. The van der Waals surface area contributed by atoms with Gasteiger partial charge in [-0.15, -0.1) is 0 Å². The molecule has 0 bridgehead atoms. The standard InChI is InChI=1S/C29H34F2N2O6/c30-25-12-11-24(18-26(25)31)39-23-13-16-33(17-14-23)29(37)32-15-1-2-27(34)19-3-7-21(8-4-19)38-22-9-5-20(6-10-22)28(35)36/h3-4,7-8,11-12,18,20,22-23H,1-2,5-6,9-10,13-17H2,(H,32,37)(H,35,36). The zero-order valence-corrected chi connectivity index (χ0v) is 21.7. The molecule has 2 amide bonds. The molecule has 10 heteroatoms. The first-order chi connectivity index (χ1) is 18.8. The number of benzene rings is 2. The summed E-state index contributed by atoms with van der Waals surface area (Å²) in [5.74, 6) is -2.00. The highest BCUT2D eigenvalue weighted by Gasteiger charge is 2.27. The molecular formula is C29H34F2N2O6. The fourth-order valence-corrected chi connectivity index (χ4v) is 4.96. The van der Waals surface area contributed by atoms with Crippen molar-refractivity contribution < 1.29 is 37.7 Å². The Morgan fingerprint density at radius 3 is 2.10 bits per heavy atom. The highest BCUT2D eigenvalue weighted by Crippen LogP contribution is 2.28. The zero-order chi connectivity index (χ0) is 27.8. The summed E-state index contributed by atoms with van der Waals surface area (Å²) in [6, 6.07) is 10.2. The number of rotatable bonds is 10. The first kappa shape index (κ1) is 28.3. The molecule has 4 rings (SSSR count). The van der Waals surface area contributed by atoms with Gasteiger partial charge in [0.15, 0.2) is 17.4 Å². The van der Waals surface area contributed by atoms with E-state index in [0.717, 1.165) is 12.1 Å². The number of carbonyl (C=O) groups is 3. The van der Waals surface area contributed by atoms with Gasteiger partial charge in [-0.1, -0.05) is 0 Å². The third kappa shape index (κ3) is 8.15. The van der Waals surface area contributed by atoms with Crippen molar-refractivity contribution in [2.24, 2.45) is 5.92 Å². The molecule has 1 heterocycles. The van der Waals surface area contributed by atoms with Crippen LogP contribution < -0.4 is 14.8 Å². The second-order valence-electron chi connectivity index (χ2n) is 10.1. The smallest absolute Gasteiger partial charge is 0.317 e. The topological polar surface area (TPSA) is 105 Å². The third-order valence-electron chi connectivity index (χ3n) is 7.28. The number of piperidine rings is 1. The summed E-state index contributed by atoms with van der Waals surface area (Å²) in [5.41, 5.74) is 0.575. The maximum Gasteiger partial charge on any atom is 0.317 e. The van der Waals surface area contributed by atoms with E-state index in [1.54, 1.807) is 29.2 Å². The summed E-state index contributed by atoms with van der Waals surface area (Å²) < 4.78 is 38.1. The van der Waals surface area contributed by atoms with E-state index in [-0.39, 0.29) is 35.7 Å². The first-order valence-electron chi connectivity index (χ1n) is 13.5. The van der Waals surface area contributed by atoms with Crippen LogP contribution in [0.3, 0.4) is 0 Å². The summed E-state index contributed by atoms with van der Waals surface area (Å²) in [4.78, 5) is 37.8. The molecule has 1 saturated carbocycles. The number of likely N-dealkylation sites (tertiary alicyclic amines) is 1. The van der Waals surface area contributed by atoms with Gasteiger partial charge in [0, 0.05) is 50.5 Å². The predicted molar refractivity (Wildman–Crippen MR) is 139 cm³/mol. The lowest BCUT2D eigenvalue weighted by molar-refractivity contribution is -0.143. The van der Waals surface area contributed by atoms with Crippen molar-refractivity contribution in [3.63, 3.8) is 0 Å². The average molecular weight is 545 g/mol. The normalized spacial score (nSPS) is 19.8. The molecule has 39 heavy (non-hydrogen) atoms. The van der Waals surface area contributed by atoms with E-state index in [4.69, 9.17) is 14.6 Å². The number of amides is 2. The van der Waals surface area contributed by atoms with Crippen molar-refractivity contribution in [2.75, 3.05) is 19.6 Å². The molecule has 0 unspecified atom stereocenters. The Kier molecular flexibility index (Phi) is 9.73. The number of carbonyl (C=O) groups excluding carboxylic acids is 2. The number of aliphatic carboxylic acids is 1. The molecule has 2 aromatic rings. The maximum atomic E-state index is 13.4. The lowest BCUT2D eigenvalue weighted by Gasteiger charge is -2.32. The largest absolute Gasteiger partial charge is 0.490 e. The molecule has 0 radical (unpaired) electrons. The monoisotopic (exact) mass is 544 g/mol. The minimum atomic E-state index is -0.956. The summed E-state index contributed by atoms with van der Waals surface area (Å²) in [6.45, 7) is 1.33. The molecule has 1 aliphatic carbocycles. The highest BCUT2D eigenvalue weighted by atomic mass is 19.2. The number of carboxylic acids is 1. The van der Waals surface area contributed by atoms with Crippen LogP contribution in [0.15, 0.2) is 42.5 Å². The van der Waals surface area contributed by atoms with E-state index >= 15 is 0 Å². The number of ether oxygens (including phenoxy) is 2. The predicted octanol–water partition coefficient (Wildman–Crippen LogP) is 5.20. The lowest BCUT2D eigenvalue weighted by Crippen LogP contribution is -2.46. The Hall–Kier alpha value is -3.69. The Labute approximate surface area is 226 Å². The van der Waals surface area contributed by atoms with Gasteiger partial charge in [0.2, 0.25) is 0 Å². The summed E-state index contributed by atoms with van der Waals surface area (Å²) in [7, 11) is 0. The first-order valence-corrected chi connectivity index (χ1v) is 13.5. The number of carboxylic acid groups (broad SMARTS) is 1. The number of hydrogen-bond donors (Lipinski definition) is 2. The molecule has 0 atom stereocenters. The van der Waals surface area contributed by atoms with Gasteiger partial charge in [0.25, 0.3) is 0 Å². The Balaban J connectivity index is 1.10. The fraction of sp³-hybridized carbons (Fsp3) is 0.483. The number of ketones is 1. The van der Waals surface area contributed by atoms with Crippen molar-refractivity contribution in [3.8, 4) is 11.5 Å². The van der Waals surface area contributed by atoms with E-state index in [2.05, 4.69) is 5.32 Å². The van der Waals surface area contributed by atoms with Gasteiger partial charge in [-0.3, -0.25) is 9.59 Å². The number of nitrogens with zero attached hydrogens (tertiary/aromatic N) is 1. The van der Waals surface area contributed by atoms with Crippen molar-refractivity contribution in [3.05, 3.63) is 59.7 Å². The Morgan fingerprint density at radius 1 is 0.846 bits per heavy atom. The van der Waals surface area contributed by atoms with Crippen molar-refractivity contribution in [1.29, 1.82) is 0 Å². The van der Waals surface area contributed by atoms with Crippen molar-refractivity contribution in [1.82, 2.24) is 10.2 Å². The minimum absolute atomic E-state index is 0.0107. The van der Waals surface area contributed by atoms with E-state index in [1.165, 1.54) is 6.07 Å². The number of halogens is 2. The minimum Gasteiger partial charge on any atom is -0.490 e. The molecule has 2 N–H and O–H groups in total. The lowest BCUT2D eigenvalue weighted by atomic mass is 9.87. The fourth-order valence-electron chi connectivity index (χ4n) is 4.96. The van der Waals surface area contributed by atoms with Crippen LogP contribution in [0.4, 0.5) is 13.6 Å². The van der Waals surface area contributed by atoms with Gasteiger partial charge < -0.3 is 24.8 Å². The number of urea groups is 1. The number of nitrogens with one attached hydrogen (secondary N) is 1. The van der Waals surface area contributed by atoms with Crippen LogP contribution in [-0.2, 0) is 4.79 Å². The number of hydrogen-bond acceptors (Lipinski definition) is 5. The molecule has 2 fully saturated rings. The molecule has 1 saturated heterocycles. The molecule has 0 aromatic heterocycles. The van der Waals surface area contributed by atoms with Gasteiger partial charge in [-0.25, -0.2) is 13.6 Å². The van der Waals surface area contributed by atoms with Crippen LogP contribution in [-0.4, -0.2) is 59.6 Å². The van der Waals surface area contributed by atoms with Crippen LogP contribution in [0, 0.1) is 17.6 Å². The van der Waals surface area contributed by atoms with Crippen LogP contribution in [0.2, 0.25) is 0 Å². The van der Waals surface area contributed by atoms with Gasteiger partial charge >= 0.3 is 12.0 Å². The molecule has 8 nitrogen and oxygen atoms in total. The van der Waals surface area contributed by atoms with Crippen LogP contribution in [0.25, 0.3) is 0 Å². The van der Waals surface area contributed by atoms with E-state index < -0.39 is 17.6 Å². The molecule has 1 aliphatic heterocycles. The SMILES string of the molecule is O=C(CCCNC(=O)N1CCC(Oc2ccc(F)c(F)c2)CC1)c1ccc(OC2CCC(C(=O)O)CC2)cc1. The quantitative estimate of drug-likeness (QED) is 0.315. The molecule has 210 valence electrons. The van der Waals surface area contributed by atoms with Crippen LogP contribution >= 0.6 is 0 Å². The van der Waals surface area contributed by atoms with Crippen LogP contribution in [0.1, 0.15) is 61.7 Å². The molecule has 0 spiro atoms. The maximum absolute atomic E-state index is 13.4. The second-order valence-corrected chi connectivity index (χ2v) is 10.1. The van der Waals surface area contributed by atoms with Gasteiger partial charge in [0.1, 0.15) is 17.6 Å². The van der Waals surface area contributed by atoms with E-state index in [9.17, 15) is 23.2 Å².